The van der Waals surface area contributed by atoms with Crippen LogP contribution in [0, 0.1) is 6.57 Å². The summed E-state index contributed by atoms with van der Waals surface area (Å²) in [6.45, 7) is 7.86. The van der Waals surface area contributed by atoms with Gasteiger partial charge in [-0.1, -0.05) is 48.0 Å². The number of rotatable bonds is 5. The van der Waals surface area contributed by atoms with Crippen molar-refractivity contribution in [2.75, 3.05) is 6.54 Å². The molecule has 0 unspecified atom stereocenters. The molecule has 0 atom stereocenters. The number of aromatic nitrogens is 2. The molecular weight excluding hydrogens is 488 g/mol. The highest BCUT2D eigenvalue weighted by Gasteiger charge is 2.58. The summed E-state index contributed by atoms with van der Waals surface area (Å²) in [6, 6.07) is 13.4. The van der Waals surface area contributed by atoms with Crippen LogP contribution in [-0.2, 0) is 23.3 Å². The van der Waals surface area contributed by atoms with Gasteiger partial charge in [0.2, 0.25) is 11.8 Å². The molecular formula is C26H22ClF2N5O2. The summed E-state index contributed by atoms with van der Waals surface area (Å²) in [4.78, 5) is 30.7. The maximum atomic E-state index is 14.0. The number of nitrogens with zero attached hydrogens (tertiary/aromatic N) is 4. The van der Waals surface area contributed by atoms with E-state index in [0.29, 0.717) is 46.3 Å². The smallest absolute Gasteiger partial charge is 0.252 e. The van der Waals surface area contributed by atoms with Gasteiger partial charge in [0.15, 0.2) is 5.69 Å². The number of halogens is 3. The van der Waals surface area contributed by atoms with Crippen LogP contribution in [0.1, 0.15) is 40.9 Å². The molecule has 184 valence electrons. The molecule has 0 spiro atoms. The van der Waals surface area contributed by atoms with Crippen molar-refractivity contribution in [3.05, 3.63) is 81.8 Å². The average molecular weight is 510 g/mol. The third-order valence-corrected chi connectivity index (χ3v) is 7.20. The highest BCUT2D eigenvalue weighted by atomic mass is 35.5. The maximum Gasteiger partial charge on any atom is 0.252 e. The molecule has 0 radical (unpaired) electrons. The first-order valence-corrected chi connectivity index (χ1v) is 11.8. The van der Waals surface area contributed by atoms with E-state index in [4.69, 9.17) is 23.9 Å². The zero-order chi connectivity index (χ0) is 25.7. The number of alkyl halides is 2. The molecule has 2 heterocycles. The van der Waals surface area contributed by atoms with Crippen molar-refractivity contribution in [3.63, 3.8) is 0 Å². The minimum absolute atomic E-state index is 0.0911. The van der Waals surface area contributed by atoms with Crippen LogP contribution in [0.4, 0.5) is 14.5 Å². The van der Waals surface area contributed by atoms with Crippen molar-refractivity contribution in [1.82, 2.24) is 14.7 Å². The zero-order valence-corrected chi connectivity index (χ0v) is 19.9. The van der Waals surface area contributed by atoms with E-state index in [2.05, 4.69) is 9.94 Å². The number of amides is 2. The fourth-order valence-corrected chi connectivity index (χ4v) is 5.48. The van der Waals surface area contributed by atoms with Gasteiger partial charge in [-0.05, 0) is 17.7 Å². The predicted molar refractivity (Wildman–Crippen MR) is 130 cm³/mol. The molecule has 2 amide bonds. The molecule has 7 nitrogen and oxygen atoms in total. The minimum Gasteiger partial charge on any atom is -0.365 e. The quantitative estimate of drug-likeness (QED) is 0.494. The van der Waals surface area contributed by atoms with Crippen LogP contribution < -0.4 is 5.73 Å². The summed E-state index contributed by atoms with van der Waals surface area (Å²) in [7, 11) is 0. The Morgan fingerprint density at radius 1 is 1.14 bits per heavy atom. The SMILES string of the molecule is [C-]#[N+]c1ccc(C2(CC(=O)N3CCn4nc(-c5cccc(Cl)c5)c(C(N)=O)c4C3)CC(F)(F)C2)cc1. The summed E-state index contributed by atoms with van der Waals surface area (Å²) < 4.78 is 29.7. The Bertz CT molecular complexity index is 1400. The number of primary amides is 1. The predicted octanol–water partition coefficient (Wildman–Crippen LogP) is 4.95. The first-order chi connectivity index (χ1) is 17.1. The monoisotopic (exact) mass is 509 g/mol. The summed E-state index contributed by atoms with van der Waals surface area (Å²) in [5, 5.41) is 5.04. The Morgan fingerprint density at radius 3 is 2.47 bits per heavy atom. The summed E-state index contributed by atoms with van der Waals surface area (Å²) in [5.74, 6) is -3.80. The second-order valence-corrected chi connectivity index (χ2v) is 9.85. The number of carbonyl (C=O) groups excluding carboxylic acids is 2. The fourth-order valence-electron chi connectivity index (χ4n) is 5.29. The number of carbonyl (C=O) groups is 2. The van der Waals surface area contributed by atoms with Crippen LogP contribution in [0.2, 0.25) is 5.02 Å². The van der Waals surface area contributed by atoms with Crippen LogP contribution in [0.15, 0.2) is 48.5 Å². The molecule has 1 aliphatic heterocycles. The van der Waals surface area contributed by atoms with Crippen molar-refractivity contribution < 1.29 is 18.4 Å². The Hall–Kier alpha value is -3.77. The van der Waals surface area contributed by atoms with Gasteiger partial charge in [0.1, 0.15) is 5.69 Å². The molecule has 36 heavy (non-hydrogen) atoms. The van der Waals surface area contributed by atoms with E-state index in [1.807, 2.05) is 0 Å². The van der Waals surface area contributed by atoms with Gasteiger partial charge in [0.05, 0.1) is 30.9 Å². The Balaban J connectivity index is 1.42. The number of hydrogen-bond acceptors (Lipinski definition) is 3. The third-order valence-electron chi connectivity index (χ3n) is 6.97. The third kappa shape index (κ3) is 4.22. The first-order valence-electron chi connectivity index (χ1n) is 11.4. The lowest BCUT2D eigenvalue weighted by atomic mass is 9.60. The molecule has 2 aliphatic rings. The van der Waals surface area contributed by atoms with E-state index in [-0.39, 0.29) is 24.4 Å². The van der Waals surface area contributed by atoms with E-state index in [1.165, 1.54) is 0 Å². The van der Waals surface area contributed by atoms with Crippen LogP contribution in [0.25, 0.3) is 16.1 Å². The van der Waals surface area contributed by atoms with Crippen LogP contribution in [0.3, 0.4) is 0 Å². The molecule has 1 saturated carbocycles. The minimum atomic E-state index is -2.84. The van der Waals surface area contributed by atoms with Gasteiger partial charge in [-0.3, -0.25) is 14.3 Å². The second kappa shape index (κ2) is 8.71. The Labute approximate surface area is 211 Å². The highest BCUT2D eigenvalue weighted by Crippen LogP contribution is 2.55. The van der Waals surface area contributed by atoms with Gasteiger partial charge in [0, 0.05) is 41.8 Å². The molecule has 1 aliphatic carbocycles. The van der Waals surface area contributed by atoms with Gasteiger partial charge in [-0.15, -0.1) is 0 Å². The van der Waals surface area contributed by atoms with Crippen molar-refractivity contribution in [3.8, 4) is 11.3 Å². The van der Waals surface area contributed by atoms with Crippen molar-refractivity contribution in [1.29, 1.82) is 0 Å². The molecule has 0 saturated heterocycles. The number of fused-ring (bicyclic) bond motifs is 1. The highest BCUT2D eigenvalue weighted by molar-refractivity contribution is 6.30. The van der Waals surface area contributed by atoms with Gasteiger partial charge < -0.3 is 10.6 Å². The molecule has 2 N–H and O–H groups in total. The van der Waals surface area contributed by atoms with Gasteiger partial charge in [-0.2, -0.15) is 5.10 Å². The number of hydrogen-bond donors (Lipinski definition) is 1. The normalized spacial score (nSPS) is 17.6. The molecule has 2 aromatic carbocycles. The number of benzene rings is 2. The fraction of sp³-hybridized carbons (Fsp3) is 0.308. The number of nitrogens with two attached hydrogens (primary N) is 1. The lowest BCUT2D eigenvalue weighted by molar-refractivity contribution is -0.150. The van der Waals surface area contributed by atoms with Gasteiger partial charge in [-0.25, -0.2) is 13.6 Å². The molecule has 1 aromatic heterocycles. The Kier molecular flexibility index (Phi) is 5.80. The molecule has 10 heteroatoms. The maximum absolute atomic E-state index is 14.0. The molecule has 3 aromatic rings. The average Bonchev–Trinajstić information content (AvgIpc) is 3.22. The molecule has 5 rings (SSSR count). The van der Waals surface area contributed by atoms with Crippen LogP contribution >= 0.6 is 11.6 Å². The summed E-state index contributed by atoms with van der Waals surface area (Å²) in [6.07, 6.45) is -0.957. The lowest BCUT2D eigenvalue weighted by Gasteiger charge is -2.48. The topological polar surface area (TPSA) is 85.6 Å². The van der Waals surface area contributed by atoms with E-state index < -0.39 is 30.1 Å². The van der Waals surface area contributed by atoms with Crippen molar-refractivity contribution >= 4 is 29.1 Å². The van der Waals surface area contributed by atoms with Crippen LogP contribution in [-0.4, -0.2) is 39.0 Å². The lowest BCUT2D eigenvalue weighted by Crippen LogP contribution is -2.52. The van der Waals surface area contributed by atoms with Gasteiger partial charge in [0.25, 0.3) is 5.91 Å². The van der Waals surface area contributed by atoms with Crippen molar-refractivity contribution in [2.24, 2.45) is 5.73 Å². The second-order valence-electron chi connectivity index (χ2n) is 9.41. The summed E-state index contributed by atoms with van der Waals surface area (Å²) in [5.41, 5.74) is 7.49. The van der Waals surface area contributed by atoms with Gasteiger partial charge >= 0.3 is 0 Å². The summed E-state index contributed by atoms with van der Waals surface area (Å²) >= 11 is 6.11. The standard InChI is InChI=1S/C26H22ClF2N5O2/c1-31-19-7-5-17(6-8-19)25(14-26(28,29)15-25)12-21(35)33-9-10-34-20(13-33)22(24(30)36)23(32-34)16-3-2-4-18(27)11-16/h2-8,11H,9-10,12-15H2,(H2,30,36). The largest absolute Gasteiger partial charge is 0.365 e. The van der Waals surface area contributed by atoms with E-state index in [9.17, 15) is 18.4 Å². The molecule has 0 bridgehead atoms. The van der Waals surface area contributed by atoms with E-state index in [0.717, 1.165) is 0 Å². The van der Waals surface area contributed by atoms with E-state index in [1.54, 1.807) is 58.1 Å². The first kappa shape index (κ1) is 23.9. The van der Waals surface area contributed by atoms with Crippen molar-refractivity contribution in [2.45, 2.75) is 43.7 Å². The zero-order valence-electron chi connectivity index (χ0n) is 19.2. The molecule has 1 fully saturated rings. The van der Waals surface area contributed by atoms with E-state index >= 15 is 0 Å². The Morgan fingerprint density at radius 2 is 1.86 bits per heavy atom. The van der Waals surface area contributed by atoms with Crippen LogP contribution in [0.5, 0.6) is 0 Å².